The Bertz CT molecular complexity index is 329. The van der Waals surface area contributed by atoms with E-state index in [9.17, 15) is 9.59 Å². The fourth-order valence-electron chi connectivity index (χ4n) is 2.48. The minimum absolute atomic E-state index is 0. The number of nitrogens with one attached hydrogen (secondary N) is 1. The van der Waals surface area contributed by atoms with E-state index in [-0.39, 0.29) is 36.9 Å². The molecular formula is C13H24ClN3O3. The van der Waals surface area contributed by atoms with Gasteiger partial charge in [-0.1, -0.05) is 0 Å². The monoisotopic (exact) mass is 305 g/mol. The van der Waals surface area contributed by atoms with Gasteiger partial charge in [-0.15, -0.1) is 12.4 Å². The molecule has 0 aliphatic carbocycles. The molecule has 116 valence electrons. The van der Waals surface area contributed by atoms with Crippen LogP contribution in [0, 0.1) is 0 Å². The second-order valence-electron chi connectivity index (χ2n) is 5.18. The molecule has 0 bridgehead atoms. The van der Waals surface area contributed by atoms with Gasteiger partial charge in [0.2, 0.25) is 5.91 Å². The van der Waals surface area contributed by atoms with E-state index in [4.69, 9.17) is 4.74 Å². The van der Waals surface area contributed by atoms with E-state index in [1.165, 1.54) is 4.90 Å². The van der Waals surface area contributed by atoms with Gasteiger partial charge >= 0.3 is 0 Å². The Morgan fingerprint density at radius 3 is 2.60 bits per heavy atom. The summed E-state index contributed by atoms with van der Waals surface area (Å²) in [7, 11) is 1.68. The number of carbonyl (C=O) groups excluding carboxylic acids is 2. The van der Waals surface area contributed by atoms with Crippen molar-refractivity contribution < 1.29 is 14.3 Å². The molecule has 0 spiro atoms. The molecule has 2 saturated heterocycles. The first kappa shape index (κ1) is 17.2. The zero-order chi connectivity index (χ0) is 13.7. The van der Waals surface area contributed by atoms with Crippen molar-refractivity contribution >= 4 is 24.2 Å². The van der Waals surface area contributed by atoms with Crippen molar-refractivity contribution in [3.8, 4) is 0 Å². The van der Waals surface area contributed by atoms with Crippen LogP contribution in [0.4, 0.5) is 0 Å². The minimum Gasteiger partial charge on any atom is -0.368 e. The molecule has 1 unspecified atom stereocenters. The molecule has 6 nitrogen and oxygen atoms in total. The van der Waals surface area contributed by atoms with Gasteiger partial charge in [0.1, 0.15) is 6.10 Å². The summed E-state index contributed by atoms with van der Waals surface area (Å²) in [5.74, 6) is -0.0451. The SMILES string of the molecule is CN(CC(=O)N1CCNCC1)C(=O)C1CCCCO1.Cl. The van der Waals surface area contributed by atoms with Gasteiger partial charge in [-0.25, -0.2) is 0 Å². The third kappa shape index (κ3) is 4.61. The molecule has 2 rings (SSSR count). The Balaban J connectivity index is 0.00000200. The lowest BCUT2D eigenvalue weighted by molar-refractivity contribution is -0.149. The highest BCUT2D eigenvalue weighted by atomic mass is 35.5. The van der Waals surface area contributed by atoms with Gasteiger partial charge in [0.15, 0.2) is 0 Å². The van der Waals surface area contributed by atoms with Gasteiger partial charge in [0.25, 0.3) is 5.91 Å². The van der Waals surface area contributed by atoms with Gasteiger partial charge in [-0.05, 0) is 19.3 Å². The molecule has 1 atom stereocenters. The number of rotatable bonds is 3. The zero-order valence-electron chi connectivity index (χ0n) is 12.0. The quantitative estimate of drug-likeness (QED) is 0.789. The molecule has 0 radical (unpaired) electrons. The Hall–Kier alpha value is -0.850. The summed E-state index contributed by atoms with van der Waals surface area (Å²) in [6.07, 6.45) is 2.46. The van der Waals surface area contributed by atoms with Crippen molar-refractivity contribution in [3.63, 3.8) is 0 Å². The predicted molar refractivity (Wildman–Crippen MR) is 77.9 cm³/mol. The largest absolute Gasteiger partial charge is 0.368 e. The maximum atomic E-state index is 12.1. The second-order valence-corrected chi connectivity index (χ2v) is 5.18. The van der Waals surface area contributed by atoms with E-state index in [1.54, 1.807) is 7.05 Å². The lowest BCUT2D eigenvalue weighted by Gasteiger charge is -2.31. The number of hydrogen-bond donors (Lipinski definition) is 1. The summed E-state index contributed by atoms with van der Waals surface area (Å²) >= 11 is 0. The Morgan fingerprint density at radius 1 is 1.30 bits per heavy atom. The maximum Gasteiger partial charge on any atom is 0.251 e. The van der Waals surface area contributed by atoms with E-state index in [0.717, 1.165) is 45.4 Å². The summed E-state index contributed by atoms with van der Waals surface area (Å²) in [5, 5.41) is 3.20. The molecule has 2 amide bonds. The highest BCUT2D eigenvalue weighted by Gasteiger charge is 2.27. The molecule has 2 aliphatic heterocycles. The van der Waals surface area contributed by atoms with Crippen molar-refractivity contribution in [2.24, 2.45) is 0 Å². The average Bonchev–Trinajstić information content (AvgIpc) is 2.48. The lowest BCUT2D eigenvalue weighted by Crippen LogP contribution is -2.51. The number of hydrogen-bond acceptors (Lipinski definition) is 4. The number of carbonyl (C=O) groups is 2. The van der Waals surface area contributed by atoms with Crippen LogP contribution in [0.25, 0.3) is 0 Å². The van der Waals surface area contributed by atoms with Crippen molar-refractivity contribution in [1.82, 2.24) is 15.1 Å². The van der Waals surface area contributed by atoms with E-state index >= 15 is 0 Å². The first-order valence-electron chi connectivity index (χ1n) is 7.03. The summed E-state index contributed by atoms with van der Waals surface area (Å²) in [6, 6.07) is 0. The summed E-state index contributed by atoms with van der Waals surface area (Å²) in [5.41, 5.74) is 0. The van der Waals surface area contributed by atoms with E-state index in [2.05, 4.69) is 5.32 Å². The number of likely N-dealkylation sites (N-methyl/N-ethyl adjacent to an activating group) is 1. The lowest BCUT2D eigenvalue weighted by atomic mass is 10.1. The Labute approximate surface area is 126 Å². The third-order valence-electron chi connectivity index (χ3n) is 3.67. The minimum atomic E-state index is -0.352. The number of halogens is 1. The smallest absolute Gasteiger partial charge is 0.251 e. The molecule has 2 heterocycles. The topological polar surface area (TPSA) is 61.9 Å². The van der Waals surface area contributed by atoms with Crippen LogP contribution in [-0.2, 0) is 14.3 Å². The summed E-state index contributed by atoms with van der Waals surface area (Å²) in [4.78, 5) is 27.5. The highest BCUT2D eigenvalue weighted by Crippen LogP contribution is 2.14. The van der Waals surface area contributed by atoms with Gasteiger partial charge in [-0.3, -0.25) is 9.59 Å². The predicted octanol–water partition coefficient (Wildman–Crippen LogP) is -0.132. The molecule has 2 aliphatic rings. The number of nitrogens with zero attached hydrogens (tertiary/aromatic N) is 2. The van der Waals surface area contributed by atoms with E-state index in [0.29, 0.717) is 6.61 Å². The third-order valence-corrected chi connectivity index (χ3v) is 3.67. The van der Waals surface area contributed by atoms with Crippen LogP contribution in [0.3, 0.4) is 0 Å². The number of ether oxygens (including phenoxy) is 1. The van der Waals surface area contributed by atoms with Gasteiger partial charge < -0.3 is 19.9 Å². The van der Waals surface area contributed by atoms with Crippen LogP contribution >= 0.6 is 12.4 Å². The normalized spacial score (nSPS) is 22.9. The fourth-order valence-corrected chi connectivity index (χ4v) is 2.48. The van der Waals surface area contributed by atoms with Crippen LogP contribution in [0.15, 0.2) is 0 Å². The molecule has 0 saturated carbocycles. The van der Waals surface area contributed by atoms with Crippen molar-refractivity contribution in [3.05, 3.63) is 0 Å². The molecule has 7 heteroatoms. The van der Waals surface area contributed by atoms with E-state index in [1.807, 2.05) is 4.90 Å². The fraction of sp³-hybridized carbons (Fsp3) is 0.846. The van der Waals surface area contributed by atoms with Crippen LogP contribution in [0.5, 0.6) is 0 Å². The van der Waals surface area contributed by atoms with Crippen LogP contribution in [-0.4, -0.2) is 74.1 Å². The van der Waals surface area contributed by atoms with Crippen molar-refractivity contribution in [2.75, 3.05) is 46.4 Å². The molecule has 0 aromatic heterocycles. The van der Waals surface area contributed by atoms with Crippen LogP contribution < -0.4 is 5.32 Å². The standard InChI is InChI=1S/C13H23N3O3.ClH/c1-15(13(18)11-4-2-3-9-19-11)10-12(17)16-7-5-14-6-8-16;/h11,14H,2-10H2,1H3;1H. The Morgan fingerprint density at radius 2 is 2.00 bits per heavy atom. The van der Waals surface area contributed by atoms with Crippen LogP contribution in [0.1, 0.15) is 19.3 Å². The van der Waals surface area contributed by atoms with Crippen LogP contribution in [0.2, 0.25) is 0 Å². The van der Waals surface area contributed by atoms with Crippen molar-refractivity contribution in [2.45, 2.75) is 25.4 Å². The highest BCUT2D eigenvalue weighted by molar-refractivity contribution is 5.87. The molecule has 0 aromatic carbocycles. The first-order chi connectivity index (χ1) is 9.18. The molecule has 1 N–H and O–H groups in total. The zero-order valence-corrected chi connectivity index (χ0v) is 12.8. The van der Waals surface area contributed by atoms with Crippen molar-refractivity contribution in [1.29, 1.82) is 0 Å². The number of amides is 2. The average molecular weight is 306 g/mol. The summed E-state index contributed by atoms with van der Waals surface area (Å²) in [6.45, 7) is 3.90. The van der Waals surface area contributed by atoms with Gasteiger partial charge in [0.05, 0.1) is 6.54 Å². The second kappa shape index (κ2) is 8.44. The maximum absolute atomic E-state index is 12.1. The molecule has 2 fully saturated rings. The molecule has 0 aromatic rings. The Kier molecular flexibility index (Phi) is 7.26. The number of piperazine rings is 1. The van der Waals surface area contributed by atoms with Gasteiger partial charge in [-0.2, -0.15) is 0 Å². The summed E-state index contributed by atoms with van der Waals surface area (Å²) < 4.78 is 5.46. The first-order valence-corrected chi connectivity index (χ1v) is 7.03. The van der Waals surface area contributed by atoms with E-state index < -0.39 is 0 Å². The molecular weight excluding hydrogens is 282 g/mol. The van der Waals surface area contributed by atoms with Gasteiger partial charge in [0, 0.05) is 39.8 Å². The molecule has 20 heavy (non-hydrogen) atoms.